The first-order valence-corrected chi connectivity index (χ1v) is 5.70. The first kappa shape index (κ1) is 15.0. The minimum atomic E-state index is -2.72. The zero-order chi connectivity index (χ0) is 15.4. The summed E-state index contributed by atoms with van der Waals surface area (Å²) < 4.78 is 81.5. The maximum atomic E-state index is 14.1. The summed E-state index contributed by atoms with van der Waals surface area (Å²) in [6.07, 6.45) is -5.37. The quantitative estimate of drug-likeness (QED) is 0.488. The smallest absolute Gasteiger partial charge is 0.194 e. The summed E-state index contributed by atoms with van der Waals surface area (Å²) in [4.78, 5) is 0. The van der Waals surface area contributed by atoms with Crippen LogP contribution in [-0.4, -0.2) is 22.9 Å². The van der Waals surface area contributed by atoms with Crippen molar-refractivity contribution in [2.24, 2.45) is 0 Å². The second-order valence-electron chi connectivity index (χ2n) is 5.18. The molecule has 1 N–H and O–H groups in total. The average Bonchev–Trinajstić information content (AvgIpc) is 2.31. The van der Waals surface area contributed by atoms with E-state index in [2.05, 4.69) is 0 Å². The standard InChI is InChI=1S/C12H11F6NO/c1-12(2,20)11-10(17)9(16)6-5(19(11)18)3-4(13)7(14)8(6)15/h3,9-11,20H,1-2H3. The lowest BCUT2D eigenvalue weighted by molar-refractivity contribution is -0.0267. The molecule has 1 aromatic carbocycles. The third-order valence-corrected chi connectivity index (χ3v) is 3.23. The van der Waals surface area contributed by atoms with Gasteiger partial charge in [-0.25, -0.2) is 27.1 Å². The van der Waals surface area contributed by atoms with Crippen LogP contribution < -0.4 is 5.12 Å². The van der Waals surface area contributed by atoms with Gasteiger partial charge in [0.15, 0.2) is 29.8 Å². The zero-order valence-corrected chi connectivity index (χ0v) is 10.5. The number of fused-ring (bicyclic) bond motifs is 1. The molecule has 0 saturated heterocycles. The Morgan fingerprint density at radius 1 is 1.15 bits per heavy atom. The van der Waals surface area contributed by atoms with E-state index in [0.717, 1.165) is 13.8 Å². The Labute approximate surface area is 110 Å². The third-order valence-electron chi connectivity index (χ3n) is 3.23. The highest BCUT2D eigenvalue weighted by Gasteiger charge is 2.51. The van der Waals surface area contributed by atoms with Gasteiger partial charge in [-0.2, -0.15) is 0 Å². The second kappa shape index (κ2) is 4.54. The number of hydrogen-bond acceptors (Lipinski definition) is 2. The number of anilines is 1. The van der Waals surface area contributed by atoms with Crippen molar-refractivity contribution in [1.29, 1.82) is 0 Å². The lowest BCUT2D eigenvalue weighted by Crippen LogP contribution is -2.56. The predicted octanol–water partition coefficient (Wildman–Crippen LogP) is 3.30. The molecule has 0 fully saturated rings. The van der Waals surface area contributed by atoms with Crippen LogP contribution in [0.25, 0.3) is 0 Å². The number of nitrogens with zero attached hydrogens (tertiary/aromatic N) is 1. The summed E-state index contributed by atoms with van der Waals surface area (Å²) in [5.41, 5.74) is -4.24. The summed E-state index contributed by atoms with van der Waals surface area (Å²) >= 11 is 0. The maximum Gasteiger partial charge on any atom is 0.194 e. The Morgan fingerprint density at radius 2 is 1.70 bits per heavy atom. The van der Waals surface area contributed by atoms with Crippen molar-refractivity contribution < 1.29 is 31.5 Å². The van der Waals surface area contributed by atoms with Gasteiger partial charge in [0.1, 0.15) is 6.04 Å². The molecular weight excluding hydrogens is 288 g/mol. The van der Waals surface area contributed by atoms with E-state index in [1.807, 2.05) is 0 Å². The Morgan fingerprint density at radius 3 is 2.20 bits per heavy atom. The highest BCUT2D eigenvalue weighted by molar-refractivity contribution is 5.58. The molecule has 1 aliphatic heterocycles. The molecule has 8 heteroatoms. The highest BCUT2D eigenvalue weighted by Crippen LogP contribution is 2.46. The molecule has 0 saturated carbocycles. The molecule has 1 heterocycles. The van der Waals surface area contributed by atoms with E-state index in [-0.39, 0.29) is 6.07 Å². The van der Waals surface area contributed by atoms with Crippen molar-refractivity contribution in [2.75, 3.05) is 5.12 Å². The topological polar surface area (TPSA) is 23.5 Å². The van der Waals surface area contributed by atoms with Gasteiger partial charge < -0.3 is 5.11 Å². The van der Waals surface area contributed by atoms with E-state index in [1.165, 1.54) is 0 Å². The van der Waals surface area contributed by atoms with Crippen molar-refractivity contribution in [2.45, 2.75) is 37.8 Å². The SMILES string of the molecule is CC(C)(O)C1C(F)C(F)c2c(cc(F)c(F)c2F)N1F. The molecule has 0 bridgehead atoms. The molecule has 3 atom stereocenters. The summed E-state index contributed by atoms with van der Waals surface area (Å²) in [5.74, 6) is -5.72. The van der Waals surface area contributed by atoms with Crippen LogP contribution in [0.3, 0.4) is 0 Å². The summed E-state index contributed by atoms with van der Waals surface area (Å²) in [6, 6.07) is -1.79. The molecule has 2 rings (SSSR count). The molecule has 1 aliphatic rings. The van der Waals surface area contributed by atoms with Crippen LogP contribution in [0.2, 0.25) is 0 Å². The zero-order valence-electron chi connectivity index (χ0n) is 10.5. The molecule has 112 valence electrons. The van der Waals surface area contributed by atoms with E-state index < -0.39 is 57.8 Å². The first-order chi connectivity index (χ1) is 9.07. The molecule has 2 nitrogen and oxygen atoms in total. The molecule has 0 aromatic heterocycles. The highest BCUT2D eigenvalue weighted by atomic mass is 19.2. The van der Waals surface area contributed by atoms with Gasteiger partial charge in [0.2, 0.25) is 0 Å². The number of halogens is 6. The van der Waals surface area contributed by atoms with Gasteiger partial charge in [-0.3, -0.25) is 0 Å². The van der Waals surface area contributed by atoms with Crippen LogP contribution in [0.15, 0.2) is 6.07 Å². The van der Waals surface area contributed by atoms with E-state index in [9.17, 15) is 31.5 Å². The van der Waals surface area contributed by atoms with E-state index >= 15 is 0 Å². The molecule has 0 radical (unpaired) electrons. The van der Waals surface area contributed by atoms with Crippen LogP contribution in [0.4, 0.5) is 32.1 Å². The summed E-state index contributed by atoms with van der Waals surface area (Å²) in [7, 11) is 0. The predicted molar refractivity (Wildman–Crippen MR) is 58.7 cm³/mol. The largest absolute Gasteiger partial charge is 0.388 e. The molecule has 20 heavy (non-hydrogen) atoms. The van der Waals surface area contributed by atoms with E-state index in [4.69, 9.17) is 0 Å². The Bertz CT molecular complexity index is 544. The normalized spacial score (nSPS) is 26.6. The molecule has 1 aromatic rings. The lowest BCUT2D eigenvalue weighted by atomic mass is 9.85. The monoisotopic (exact) mass is 299 g/mol. The number of rotatable bonds is 1. The second-order valence-corrected chi connectivity index (χ2v) is 5.18. The molecule has 0 aliphatic carbocycles. The van der Waals surface area contributed by atoms with Crippen molar-refractivity contribution >= 4 is 5.69 Å². The van der Waals surface area contributed by atoms with Crippen molar-refractivity contribution in [3.63, 3.8) is 0 Å². The van der Waals surface area contributed by atoms with E-state index in [0.29, 0.717) is 0 Å². The minimum Gasteiger partial charge on any atom is -0.388 e. The number of aliphatic hydroxyl groups is 1. The summed E-state index contributed by atoms with van der Waals surface area (Å²) in [6.45, 7) is 2.04. The summed E-state index contributed by atoms with van der Waals surface area (Å²) in [5, 5.41) is 9.20. The van der Waals surface area contributed by atoms with Crippen molar-refractivity contribution in [1.82, 2.24) is 0 Å². The van der Waals surface area contributed by atoms with Crippen molar-refractivity contribution in [3.8, 4) is 0 Å². The van der Waals surface area contributed by atoms with Crippen LogP contribution in [0.5, 0.6) is 0 Å². The number of benzene rings is 1. The fourth-order valence-electron chi connectivity index (χ4n) is 2.30. The minimum absolute atomic E-state index is 0.227. The molecule has 3 unspecified atom stereocenters. The van der Waals surface area contributed by atoms with Gasteiger partial charge in [-0.05, 0) is 13.8 Å². The maximum absolute atomic E-state index is 14.1. The number of hydrogen-bond donors (Lipinski definition) is 1. The van der Waals surface area contributed by atoms with Gasteiger partial charge in [0, 0.05) is 6.07 Å². The van der Waals surface area contributed by atoms with Crippen molar-refractivity contribution in [3.05, 3.63) is 29.1 Å². The van der Waals surface area contributed by atoms with Gasteiger partial charge in [0.25, 0.3) is 0 Å². The van der Waals surface area contributed by atoms with Crippen LogP contribution in [0, 0.1) is 17.5 Å². The molecule has 0 amide bonds. The Balaban J connectivity index is 2.67. The molecular formula is C12H11F6NO. The van der Waals surface area contributed by atoms with Gasteiger partial charge in [0.05, 0.1) is 16.9 Å². The average molecular weight is 299 g/mol. The fourth-order valence-corrected chi connectivity index (χ4v) is 2.30. The van der Waals surface area contributed by atoms with Gasteiger partial charge >= 0.3 is 0 Å². The lowest BCUT2D eigenvalue weighted by Gasteiger charge is -2.41. The van der Waals surface area contributed by atoms with Gasteiger partial charge in [-0.1, -0.05) is 4.48 Å². The van der Waals surface area contributed by atoms with Crippen LogP contribution >= 0.6 is 0 Å². The fraction of sp³-hybridized carbons (Fsp3) is 0.500. The van der Waals surface area contributed by atoms with Gasteiger partial charge in [-0.15, -0.1) is 0 Å². The van der Waals surface area contributed by atoms with E-state index in [1.54, 1.807) is 0 Å². The third kappa shape index (κ3) is 2.02. The Kier molecular flexibility index (Phi) is 3.40. The Hall–Kier alpha value is -1.44. The van der Waals surface area contributed by atoms with Crippen LogP contribution in [0.1, 0.15) is 25.6 Å². The number of alkyl halides is 2. The first-order valence-electron chi connectivity index (χ1n) is 5.70. The molecule has 0 spiro atoms. The van der Waals surface area contributed by atoms with Crippen LogP contribution in [-0.2, 0) is 0 Å².